The number of anilines is 2. The van der Waals surface area contributed by atoms with Gasteiger partial charge >= 0.3 is 0 Å². The molecular formula is C12H21N3O2S. The fraction of sp³-hybridized carbons (Fsp3) is 0.500. The molecule has 0 fully saturated rings. The fourth-order valence-corrected chi connectivity index (χ4v) is 2.37. The molecule has 0 saturated heterocycles. The van der Waals surface area contributed by atoms with Crippen molar-refractivity contribution in [3.05, 3.63) is 18.2 Å². The lowest BCUT2D eigenvalue weighted by molar-refractivity contribution is 0.205. The molecule has 0 heterocycles. The van der Waals surface area contributed by atoms with Crippen molar-refractivity contribution in [2.45, 2.75) is 11.8 Å². The first-order valence-corrected chi connectivity index (χ1v) is 7.01. The molecule has 18 heavy (non-hydrogen) atoms. The van der Waals surface area contributed by atoms with Gasteiger partial charge in [-0.1, -0.05) is 0 Å². The summed E-state index contributed by atoms with van der Waals surface area (Å²) in [6.07, 6.45) is 0. The van der Waals surface area contributed by atoms with Crippen LogP contribution in [0.1, 0.15) is 6.92 Å². The summed E-state index contributed by atoms with van der Waals surface area (Å²) in [6, 6.07) is 5.48. The molecule has 1 rings (SSSR count). The van der Waals surface area contributed by atoms with Crippen LogP contribution in [0, 0.1) is 0 Å². The maximum Gasteiger partial charge on any atom is 0.124 e. The number of benzene rings is 1. The lowest BCUT2D eigenvalue weighted by Crippen LogP contribution is -2.27. The summed E-state index contributed by atoms with van der Waals surface area (Å²) in [6.45, 7) is 4.35. The summed E-state index contributed by atoms with van der Waals surface area (Å²) < 4.78 is 19.4. The molecule has 3 N–H and O–H groups in total. The van der Waals surface area contributed by atoms with Gasteiger partial charge in [0.1, 0.15) is 11.0 Å². The van der Waals surface area contributed by atoms with E-state index in [2.05, 4.69) is 16.5 Å². The molecule has 1 aromatic carbocycles. The lowest BCUT2D eigenvalue weighted by Gasteiger charge is -2.24. The van der Waals surface area contributed by atoms with Gasteiger partial charge in [0.05, 0.1) is 22.9 Å². The van der Waals surface area contributed by atoms with E-state index in [-0.39, 0.29) is 0 Å². The van der Waals surface area contributed by atoms with Gasteiger partial charge in [-0.25, -0.2) is 8.93 Å². The standard InChI is InChI=1S/C12H21N3O2S/c1-4-15(7-8-17-3)12-6-5-10(9-11(12)13)18(16)14-2/h5-6,9,14H,4,7-8,13H2,1-3H3. The summed E-state index contributed by atoms with van der Waals surface area (Å²) in [4.78, 5) is 2.81. The zero-order valence-corrected chi connectivity index (χ0v) is 11.9. The quantitative estimate of drug-likeness (QED) is 0.726. The van der Waals surface area contributed by atoms with Gasteiger partial charge in [0.25, 0.3) is 0 Å². The molecule has 0 aliphatic heterocycles. The summed E-state index contributed by atoms with van der Waals surface area (Å²) >= 11 is 0. The molecule has 0 aliphatic carbocycles. The molecule has 102 valence electrons. The van der Waals surface area contributed by atoms with E-state index in [0.717, 1.165) is 18.8 Å². The number of nitrogen functional groups attached to an aromatic ring is 1. The van der Waals surface area contributed by atoms with Crippen LogP contribution in [0.15, 0.2) is 23.1 Å². The van der Waals surface area contributed by atoms with E-state index in [0.29, 0.717) is 17.2 Å². The number of methoxy groups -OCH3 is 1. The van der Waals surface area contributed by atoms with Crippen LogP contribution in [0.4, 0.5) is 11.4 Å². The summed E-state index contributed by atoms with van der Waals surface area (Å²) in [5, 5.41) is 0. The highest BCUT2D eigenvalue weighted by Gasteiger charge is 2.10. The van der Waals surface area contributed by atoms with Gasteiger partial charge in [-0.2, -0.15) is 0 Å². The van der Waals surface area contributed by atoms with Gasteiger partial charge in [0.15, 0.2) is 0 Å². The predicted molar refractivity (Wildman–Crippen MR) is 76.1 cm³/mol. The van der Waals surface area contributed by atoms with Crippen LogP contribution in [-0.2, 0) is 15.7 Å². The molecule has 1 atom stereocenters. The Balaban J connectivity index is 2.92. The van der Waals surface area contributed by atoms with Crippen molar-refractivity contribution in [3.8, 4) is 0 Å². The summed E-state index contributed by atoms with van der Waals surface area (Å²) in [7, 11) is 2.12. The maximum atomic E-state index is 11.6. The second kappa shape index (κ2) is 7.35. The molecule has 0 saturated carbocycles. The third kappa shape index (κ3) is 3.69. The van der Waals surface area contributed by atoms with E-state index >= 15 is 0 Å². The van der Waals surface area contributed by atoms with Crippen molar-refractivity contribution in [1.82, 2.24) is 4.72 Å². The molecule has 0 bridgehead atoms. The van der Waals surface area contributed by atoms with E-state index in [9.17, 15) is 4.21 Å². The number of nitrogens with zero attached hydrogens (tertiary/aromatic N) is 1. The predicted octanol–water partition coefficient (Wildman–Crippen LogP) is 0.983. The second-order valence-electron chi connectivity index (χ2n) is 3.77. The van der Waals surface area contributed by atoms with Gasteiger partial charge in [-0.3, -0.25) is 0 Å². The van der Waals surface area contributed by atoms with Gasteiger partial charge in [0, 0.05) is 20.2 Å². The van der Waals surface area contributed by atoms with Gasteiger partial charge in [0.2, 0.25) is 0 Å². The zero-order valence-electron chi connectivity index (χ0n) is 11.1. The number of nitrogens with two attached hydrogens (primary N) is 1. The fourth-order valence-electron chi connectivity index (χ4n) is 1.70. The van der Waals surface area contributed by atoms with Crippen molar-refractivity contribution in [2.75, 3.05) is 44.5 Å². The Bertz CT molecular complexity index is 412. The Hall–Kier alpha value is -1.11. The summed E-state index contributed by atoms with van der Waals surface area (Å²) in [5.74, 6) is 0. The first-order valence-electron chi connectivity index (χ1n) is 5.86. The number of ether oxygens (including phenoxy) is 1. The Morgan fingerprint density at radius 3 is 2.72 bits per heavy atom. The molecule has 0 aromatic heterocycles. The smallest absolute Gasteiger partial charge is 0.124 e. The number of hydrogen-bond acceptors (Lipinski definition) is 4. The first-order chi connectivity index (χ1) is 8.63. The van der Waals surface area contributed by atoms with E-state index in [4.69, 9.17) is 10.5 Å². The number of hydrogen-bond donors (Lipinski definition) is 2. The largest absolute Gasteiger partial charge is 0.397 e. The average Bonchev–Trinajstić information content (AvgIpc) is 2.40. The van der Waals surface area contributed by atoms with Gasteiger partial charge < -0.3 is 15.4 Å². The topological polar surface area (TPSA) is 67.6 Å². The molecule has 0 spiro atoms. The van der Waals surface area contributed by atoms with Crippen LogP contribution in [-0.4, -0.2) is 38.1 Å². The average molecular weight is 271 g/mol. The third-order valence-electron chi connectivity index (χ3n) is 2.69. The Kier molecular flexibility index (Phi) is 6.11. The Morgan fingerprint density at radius 2 is 2.22 bits per heavy atom. The minimum absolute atomic E-state index is 0.633. The van der Waals surface area contributed by atoms with Crippen LogP contribution in [0.3, 0.4) is 0 Å². The Morgan fingerprint density at radius 1 is 1.50 bits per heavy atom. The van der Waals surface area contributed by atoms with Crippen molar-refractivity contribution in [1.29, 1.82) is 0 Å². The van der Waals surface area contributed by atoms with Crippen molar-refractivity contribution < 1.29 is 8.95 Å². The Labute approximate surface area is 111 Å². The highest BCUT2D eigenvalue weighted by atomic mass is 32.2. The molecule has 0 radical (unpaired) electrons. The van der Waals surface area contributed by atoms with Crippen LogP contribution in [0.2, 0.25) is 0 Å². The second-order valence-corrected chi connectivity index (χ2v) is 5.18. The van der Waals surface area contributed by atoms with Crippen molar-refractivity contribution in [2.24, 2.45) is 0 Å². The summed E-state index contributed by atoms with van der Waals surface area (Å²) in [5.41, 5.74) is 7.60. The van der Waals surface area contributed by atoms with E-state index in [1.165, 1.54) is 0 Å². The minimum Gasteiger partial charge on any atom is -0.397 e. The molecular weight excluding hydrogens is 250 g/mol. The van der Waals surface area contributed by atoms with Crippen LogP contribution < -0.4 is 15.4 Å². The van der Waals surface area contributed by atoms with E-state index in [1.54, 1.807) is 20.2 Å². The van der Waals surface area contributed by atoms with Crippen LogP contribution in [0.25, 0.3) is 0 Å². The minimum atomic E-state index is -1.20. The SMILES string of the molecule is CCN(CCOC)c1ccc(S(=O)NC)cc1N. The van der Waals surface area contributed by atoms with E-state index < -0.39 is 11.0 Å². The monoisotopic (exact) mass is 271 g/mol. The molecule has 0 amide bonds. The maximum absolute atomic E-state index is 11.6. The normalized spacial score (nSPS) is 12.4. The van der Waals surface area contributed by atoms with Crippen LogP contribution in [0.5, 0.6) is 0 Å². The number of nitrogens with one attached hydrogen (secondary N) is 1. The van der Waals surface area contributed by atoms with Gasteiger partial charge in [-0.05, 0) is 32.2 Å². The highest BCUT2D eigenvalue weighted by Crippen LogP contribution is 2.25. The molecule has 0 aliphatic rings. The highest BCUT2D eigenvalue weighted by molar-refractivity contribution is 7.83. The molecule has 6 heteroatoms. The zero-order chi connectivity index (χ0) is 13.5. The van der Waals surface area contributed by atoms with Crippen molar-refractivity contribution in [3.63, 3.8) is 0 Å². The van der Waals surface area contributed by atoms with Gasteiger partial charge in [-0.15, -0.1) is 0 Å². The number of rotatable bonds is 7. The lowest BCUT2D eigenvalue weighted by atomic mass is 10.2. The first kappa shape index (κ1) is 14.9. The number of likely N-dealkylation sites (N-methyl/N-ethyl adjacent to an activating group) is 1. The third-order valence-corrected chi connectivity index (χ3v) is 3.74. The van der Waals surface area contributed by atoms with Crippen molar-refractivity contribution >= 4 is 22.4 Å². The van der Waals surface area contributed by atoms with E-state index in [1.807, 2.05) is 12.1 Å². The van der Waals surface area contributed by atoms with Crippen LogP contribution >= 0.6 is 0 Å². The molecule has 1 aromatic rings. The molecule has 5 nitrogen and oxygen atoms in total. The molecule has 1 unspecified atom stereocenters.